The average molecular weight is 274 g/mol. The van der Waals surface area contributed by atoms with E-state index in [1.807, 2.05) is 0 Å². The standard InChI is InChI=1S/C18H30N2/c1-4-15-8-10-16(11-9-15)18(13-19)20(3)17-7-5-6-14(2)12-17/h8-11,14,17-18H,4-7,12-13,19H2,1-3H3. The van der Waals surface area contributed by atoms with Gasteiger partial charge in [-0.2, -0.15) is 0 Å². The molecule has 0 bridgehead atoms. The van der Waals surface area contributed by atoms with Gasteiger partial charge in [-0.1, -0.05) is 51.0 Å². The molecule has 0 aromatic heterocycles. The smallest absolute Gasteiger partial charge is 0.0470 e. The summed E-state index contributed by atoms with van der Waals surface area (Å²) in [5.41, 5.74) is 8.84. The van der Waals surface area contributed by atoms with E-state index in [0.29, 0.717) is 18.6 Å². The minimum Gasteiger partial charge on any atom is -0.329 e. The van der Waals surface area contributed by atoms with Gasteiger partial charge in [-0.15, -0.1) is 0 Å². The number of benzene rings is 1. The van der Waals surface area contributed by atoms with Crippen molar-refractivity contribution in [3.63, 3.8) is 0 Å². The summed E-state index contributed by atoms with van der Waals surface area (Å²) in [5, 5.41) is 0. The van der Waals surface area contributed by atoms with Crippen LogP contribution in [0.2, 0.25) is 0 Å². The largest absolute Gasteiger partial charge is 0.329 e. The Bertz CT molecular complexity index is 398. The first-order valence-electron chi connectivity index (χ1n) is 8.16. The van der Waals surface area contributed by atoms with Crippen LogP contribution in [0.25, 0.3) is 0 Å². The van der Waals surface area contributed by atoms with E-state index in [-0.39, 0.29) is 0 Å². The molecule has 2 heteroatoms. The number of aryl methyl sites for hydroxylation is 1. The fourth-order valence-electron chi connectivity index (χ4n) is 3.54. The highest BCUT2D eigenvalue weighted by molar-refractivity contribution is 5.25. The summed E-state index contributed by atoms with van der Waals surface area (Å²) in [6.45, 7) is 5.28. The minimum absolute atomic E-state index is 0.358. The van der Waals surface area contributed by atoms with Crippen LogP contribution < -0.4 is 5.73 Å². The quantitative estimate of drug-likeness (QED) is 0.886. The Morgan fingerprint density at radius 3 is 2.50 bits per heavy atom. The molecule has 0 radical (unpaired) electrons. The lowest BCUT2D eigenvalue weighted by atomic mass is 9.85. The first kappa shape index (κ1) is 15.5. The number of likely N-dealkylation sites (N-methyl/N-ethyl adjacent to an activating group) is 1. The summed E-state index contributed by atoms with van der Waals surface area (Å²) in [6.07, 6.45) is 6.50. The maximum Gasteiger partial charge on any atom is 0.0470 e. The summed E-state index contributed by atoms with van der Waals surface area (Å²) in [7, 11) is 2.26. The van der Waals surface area contributed by atoms with Crippen LogP contribution in [0.3, 0.4) is 0 Å². The molecule has 0 amide bonds. The number of hydrogen-bond donors (Lipinski definition) is 1. The van der Waals surface area contributed by atoms with Gasteiger partial charge in [0.15, 0.2) is 0 Å². The van der Waals surface area contributed by atoms with Gasteiger partial charge >= 0.3 is 0 Å². The highest BCUT2D eigenvalue weighted by Crippen LogP contribution is 2.31. The second-order valence-electron chi connectivity index (χ2n) is 6.44. The van der Waals surface area contributed by atoms with Gasteiger partial charge in [0.1, 0.15) is 0 Å². The summed E-state index contributed by atoms with van der Waals surface area (Å²) < 4.78 is 0. The molecule has 112 valence electrons. The van der Waals surface area contributed by atoms with Gasteiger partial charge in [0.05, 0.1) is 0 Å². The van der Waals surface area contributed by atoms with Gasteiger partial charge in [-0.25, -0.2) is 0 Å². The van der Waals surface area contributed by atoms with Crippen molar-refractivity contribution in [1.29, 1.82) is 0 Å². The van der Waals surface area contributed by atoms with Crippen LogP contribution in [0.5, 0.6) is 0 Å². The average Bonchev–Trinajstić information content (AvgIpc) is 2.48. The van der Waals surface area contributed by atoms with Crippen LogP contribution >= 0.6 is 0 Å². The predicted molar refractivity (Wildman–Crippen MR) is 86.8 cm³/mol. The van der Waals surface area contributed by atoms with Crippen LogP contribution in [0, 0.1) is 5.92 Å². The molecule has 20 heavy (non-hydrogen) atoms. The van der Waals surface area contributed by atoms with E-state index in [9.17, 15) is 0 Å². The van der Waals surface area contributed by atoms with E-state index >= 15 is 0 Å². The van der Waals surface area contributed by atoms with Crippen molar-refractivity contribution in [3.8, 4) is 0 Å². The zero-order chi connectivity index (χ0) is 14.5. The second-order valence-corrected chi connectivity index (χ2v) is 6.44. The number of nitrogens with two attached hydrogens (primary N) is 1. The Kier molecular flexibility index (Phi) is 5.62. The van der Waals surface area contributed by atoms with Crippen molar-refractivity contribution in [2.75, 3.05) is 13.6 Å². The lowest BCUT2D eigenvalue weighted by Crippen LogP contribution is -2.41. The molecule has 1 fully saturated rings. The van der Waals surface area contributed by atoms with Gasteiger partial charge < -0.3 is 5.73 Å². The molecule has 0 spiro atoms. The van der Waals surface area contributed by atoms with Crippen LogP contribution in [-0.2, 0) is 6.42 Å². The van der Waals surface area contributed by atoms with Gasteiger partial charge in [0.25, 0.3) is 0 Å². The molecule has 1 saturated carbocycles. The summed E-state index contributed by atoms with van der Waals surface area (Å²) in [5.74, 6) is 0.858. The predicted octanol–water partition coefficient (Wildman–Crippen LogP) is 3.76. The van der Waals surface area contributed by atoms with Crippen LogP contribution in [0.15, 0.2) is 24.3 Å². The molecule has 0 aliphatic heterocycles. The van der Waals surface area contributed by atoms with Gasteiger partial charge in [-0.3, -0.25) is 4.90 Å². The minimum atomic E-state index is 0.358. The lowest BCUT2D eigenvalue weighted by molar-refractivity contribution is 0.121. The SMILES string of the molecule is CCc1ccc(C(CN)N(C)C2CCCC(C)C2)cc1. The molecule has 1 aromatic carbocycles. The number of nitrogens with zero attached hydrogens (tertiary/aromatic N) is 1. The third kappa shape index (κ3) is 3.62. The third-order valence-electron chi connectivity index (χ3n) is 4.97. The number of rotatable bonds is 5. The monoisotopic (exact) mass is 274 g/mol. The molecule has 0 heterocycles. The normalized spacial score (nSPS) is 24.9. The Balaban J connectivity index is 2.09. The third-order valence-corrected chi connectivity index (χ3v) is 4.97. The topological polar surface area (TPSA) is 29.3 Å². The van der Waals surface area contributed by atoms with Gasteiger partial charge in [0.2, 0.25) is 0 Å². The highest BCUT2D eigenvalue weighted by atomic mass is 15.2. The van der Waals surface area contributed by atoms with Gasteiger partial charge in [0, 0.05) is 18.6 Å². The fraction of sp³-hybridized carbons (Fsp3) is 0.667. The molecule has 3 atom stereocenters. The molecule has 2 nitrogen and oxygen atoms in total. The van der Waals surface area contributed by atoms with Crippen LogP contribution in [-0.4, -0.2) is 24.5 Å². The van der Waals surface area contributed by atoms with Crippen molar-refractivity contribution < 1.29 is 0 Å². The maximum atomic E-state index is 6.08. The lowest BCUT2D eigenvalue weighted by Gasteiger charge is -2.39. The molecule has 2 N–H and O–H groups in total. The van der Waals surface area contributed by atoms with E-state index < -0.39 is 0 Å². The molecule has 1 aliphatic rings. The van der Waals surface area contributed by atoms with Gasteiger partial charge in [-0.05, 0) is 43.4 Å². The molecule has 2 rings (SSSR count). The van der Waals surface area contributed by atoms with Crippen molar-refractivity contribution >= 4 is 0 Å². The van der Waals surface area contributed by atoms with Crippen molar-refractivity contribution in [2.24, 2.45) is 11.7 Å². The van der Waals surface area contributed by atoms with Crippen LogP contribution in [0.1, 0.15) is 56.7 Å². The van der Waals surface area contributed by atoms with E-state index in [1.54, 1.807) is 0 Å². The van der Waals surface area contributed by atoms with E-state index in [0.717, 1.165) is 12.3 Å². The van der Waals surface area contributed by atoms with E-state index in [2.05, 4.69) is 50.1 Å². The molecule has 1 aromatic rings. The Labute approximate surface area is 124 Å². The summed E-state index contributed by atoms with van der Waals surface area (Å²) in [6, 6.07) is 10.1. The van der Waals surface area contributed by atoms with Crippen molar-refractivity contribution in [3.05, 3.63) is 35.4 Å². The molecule has 1 aliphatic carbocycles. The Hall–Kier alpha value is -0.860. The molecule has 3 unspecified atom stereocenters. The molecular formula is C18H30N2. The first-order chi connectivity index (χ1) is 9.65. The fourth-order valence-corrected chi connectivity index (χ4v) is 3.54. The van der Waals surface area contributed by atoms with E-state index in [4.69, 9.17) is 5.73 Å². The zero-order valence-corrected chi connectivity index (χ0v) is 13.3. The first-order valence-corrected chi connectivity index (χ1v) is 8.16. The molecule has 0 saturated heterocycles. The number of hydrogen-bond acceptors (Lipinski definition) is 2. The van der Waals surface area contributed by atoms with Crippen LogP contribution in [0.4, 0.5) is 0 Å². The Morgan fingerprint density at radius 1 is 1.25 bits per heavy atom. The summed E-state index contributed by atoms with van der Waals surface area (Å²) in [4.78, 5) is 2.52. The van der Waals surface area contributed by atoms with Crippen molar-refractivity contribution in [1.82, 2.24) is 4.90 Å². The highest BCUT2D eigenvalue weighted by Gasteiger charge is 2.27. The molecular weight excluding hydrogens is 244 g/mol. The summed E-state index contributed by atoms with van der Waals surface area (Å²) >= 11 is 0. The zero-order valence-electron chi connectivity index (χ0n) is 13.3. The second kappa shape index (κ2) is 7.24. The van der Waals surface area contributed by atoms with E-state index in [1.165, 1.54) is 36.8 Å². The van der Waals surface area contributed by atoms with Crippen molar-refractivity contribution in [2.45, 2.75) is 58.0 Å². The maximum absolute atomic E-state index is 6.08. The Morgan fingerprint density at radius 2 is 1.95 bits per heavy atom.